The van der Waals surface area contributed by atoms with Crippen molar-refractivity contribution in [3.63, 3.8) is 0 Å². The van der Waals surface area contributed by atoms with E-state index in [0.29, 0.717) is 12.3 Å². The molecule has 0 aromatic carbocycles. The predicted molar refractivity (Wildman–Crippen MR) is 53.5 cm³/mol. The van der Waals surface area contributed by atoms with Gasteiger partial charge in [-0.2, -0.15) is 0 Å². The van der Waals surface area contributed by atoms with Crippen LogP contribution in [-0.2, 0) is 9.53 Å². The molecule has 0 aliphatic carbocycles. The summed E-state index contributed by atoms with van der Waals surface area (Å²) < 4.78 is 4.73. The molecular weight excluding hydrogens is 198 g/mol. The summed E-state index contributed by atoms with van der Waals surface area (Å²) in [5.74, 6) is 0.0498. The van der Waals surface area contributed by atoms with E-state index in [4.69, 9.17) is 9.84 Å². The van der Waals surface area contributed by atoms with Crippen LogP contribution in [0.4, 0.5) is 4.79 Å². The fraction of sp³-hybridized carbons (Fsp3) is 0.800. The third-order valence-electron chi connectivity index (χ3n) is 2.67. The van der Waals surface area contributed by atoms with Crippen molar-refractivity contribution < 1.29 is 19.4 Å². The predicted octanol–water partition coefficient (Wildman–Crippen LogP) is 1.19. The van der Waals surface area contributed by atoms with Crippen LogP contribution in [0.3, 0.4) is 0 Å². The second-order valence-electron chi connectivity index (χ2n) is 4.51. The Labute approximate surface area is 89.0 Å². The summed E-state index contributed by atoms with van der Waals surface area (Å²) >= 11 is 0. The van der Waals surface area contributed by atoms with E-state index < -0.39 is 11.5 Å². The molecule has 0 radical (unpaired) electrons. The van der Waals surface area contributed by atoms with Crippen molar-refractivity contribution in [2.45, 2.75) is 20.3 Å². The van der Waals surface area contributed by atoms with Crippen molar-refractivity contribution in [1.82, 2.24) is 4.90 Å². The van der Waals surface area contributed by atoms with Gasteiger partial charge in [-0.05, 0) is 12.3 Å². The maximum absolute atomic E-state index is 11.6. The Hall–Kier alpha value is -1.26. The summed E-state index contributed by atoms with van der Waals surface area (Å²) in [4.78, 5) is 23.5. The first-order chi connectivity index (χ1) is 6.91. The summed E-state index contributed by atoms with van der Waals surface area (Å²) in [6.45, 7) is 4.53. The molecule has 0 saturated carbocycles. The molecule has 1 rings (SSSR count). The molecule has 0 aromatic rings. The van der Waals surface area contributed by atoms with E-state index in [1.54, 1.807) is 0 Å². The molecule has 1 aliphatic heterocycles. The van der Waals surface area contributed by atoms with Gasteiger partial charge in [0.05, 0.1) is 7.11 Å². The van der Waals surface area contributed by atoms with Crippen molar-refractivity contribution in [3.8, 4) is 0 Å². The van der Waals surface area contributed by atoms with E-state index in [-0.39, 0.29) is 19.1 Å². The summed E-state index contributed by atoms with van der Waals surface area (Å²) in [5, 5.41) is 8.73. The first-order valence-corrected chi connectivity index (χ1v) is 4.97. The van der Waals surface area contributed by atoms with Crippen LogP contribution in [0.2, 0.25) is 0 Å². The Morgan fingerprint density at radius 1 is 1.47 bits per heavy atom. The first kappa shape index (κ1) is 11.8. The summed E-state index contributed by atoms with van der Waals surface area (Å²) in [6.07, 6.45) is -0.304. The average molecular weight is 215 g/mol. The molecule has 86 valence electrons. The zero-order valence-electron chi connectivity index (χ0n) is 9.32. The maximum atomic E-state index is 11.6. The van der Waals surface area contributed by atoms with Crippen LogP contribution < -0.4 is 0 Å². The minimum Gasteiger partial charge on any atom is -0.468 e. The largest absolute Gasteiger partial charge is 0.468 e. The molecule has 0 spiro atoms. The highest BCUT2D eigenvalue weighted by atomic mass is 16.5. The Kier molecular flexibility index (Phi) is 3.21. The van der Waals surface area contributed by atoms with E-state index >= 15 is 0 Å². The lowest BCUT2D eigenvalue weighted by Crippen LogP contribution is -2.62. The zero-order chi connectivity index (χ0) is 11.6. The number of hydrogen-bond donors (Lipinski definition) is 1. The van der Waals surface area contributed by atoms with Gasteiger partial charge in [0.1, 0.15) is 5.41 Å². The first-order valence-electron chi connectivity index (χ1n) is 4.97. The topological polar surface area (TPSA) is 66.8 Å². The van der Waals surface area contributed by atoms with Gasteiger partial charge < -0.3 is 14.7 Å². The van der Waals surface area contributed by atoms with Gasteiger partial charge in [0, 0.05) is 13.1 Å². The Balaban J connectivity index is 2.67. The van der Waals surface area contributed by atoms with Gasteiger partial charge in [0.15, 0.2) is 0 Å². The highest BCUT2D eigenvalue weighted by Gasteiger charge is 2.52. The molecule has 1 fully saturated rings. The number of carbonyl (C=O) groups excluding carboxylic acids is 1. The summed E-state index contributed by atoms with van der Waals surface area (Å²) in [7, 11) is 1.34. The number of amides is 1. The zero-order valence-corrected chi connectivity index (χ0v) is 9.32. The van der Waals surface area contributed by atoms with Crippen LogP contribution >= 0.6 is 0 Å². The number of hydrogen-bond acceptors (Lipinski definition) is 3. The van der Waals surface area contributed by atoms with Crippen molar-refractivity contribution >= 4 is 12.1 Å². The number of likely N-dealkylation sites (tertiary alicyclic amines) is 1. The number of carbonyl (C=O) groups is 2. The van der Waals surface area contributed by atoms with Gasteiger partial charge in [-0.25, -0.2) is 4.79 Å². The Morgan fingerprint density at radius 2 is 2.00 bits per heavy atom. The highest BCUT2D eigenvalue weighted by molar-refractivity contribution is 5.81. The van der Waals surface area contributed by atoms with E-state index in [9.17, 15) is 9.59 Å². The lowest BCUT2D eigenvalue weighted by Gasteiger charge is -2.47. The SMILES string of the molecule is COC(=O)C1(CC(C)C)CN(C(=O)O)C1. The van der Waals surface area contributed by atoms with Gasteiger partial charge in [-0.3, -0.25) is 4.79 Å². The van der Waals surface area contributed by atoms with Crippen molar-refractivity contribution in [3.05, 3.63) is 0 Å². The lowest BCUT2D eigenvalue weighted by atomic mass is 9.74. The smallest absolute Gasteiger partial charge is 0.407 e. The van der Waals surface area contributed by atoms with Gasteiger partial charge in [-0.15, -0.1) is 0 Å². The lowest BCUT2D eigenvalue weighted by molar-refractivity contribution is -0.164. The molecule has 1 aliphatic rings. The normalized spacial score (nSPS) is 18.5. The molecule has 1 N–H and O–H groups in total. The third-order valence-corrected chi connectivity index (χ3v) is 2.67. The fourth-order valence-corrected chi connectivity index (χ4v) is 2.16. The molecule has 1 saturated heterocycles. The van der Waals surface area contributed by atoms with Crippen molar-refractivity contribution in [2.75, 3.05) is 20.2 Å². The van der Waals surface area contributed by atoms with Gasteiger partial charge in [0.25, 0.3) is 0 Å². The van der Waals surface area contributed by atoms with Gasteiger partial charge in [-0.1, -0.05) is 13.8 Å². The Morgan fingerprint density at radius 3 is 2.33 bits per heavy atom. The fourth-order valence-electron chi connectivity index (χ4n) is 2.16. The molecule has 1 heterocycles. The number of ether oxygens (including phenoxy) is 1. The van der Waals surface area contributed by atoms with E-state index in [0.717, 1.165) is 0 Å². The van der Waals surface area contributed by atoms with Gasteiger partial charge >= 0.3 is 12.1 Å². The minimum absolute atomic E-state index is 0.257. The quantitative estimate of drug-likeness (QED) is 0.718. The number of esters is 1. The van der Waals surface area contributed by atoms with Crippen LogP contribution in [0.25, 0.3) is 0 Å². The van der Waals surface area contributed by atoms with Crippen LogP contribution in [0.15, 0.2) is 0 Å². The molecule has 1 amide bonds. The van der Waals surface area contributed by atoms with Crippen LogP contribution in [0, 0.1) is 11.3 Å². The third kappa shape index (κ3) is 2.22. The summed E-state index contributed by atoms with van der Waals surface area (Å²) in [6, 6.07) is 0. The van der Waals surface area contributed by atoms with Gasteiger partial charge in [0.2, 0.25) is 0 Å². The molecule has 15 heavy (non-hydrogen) atoms. The number of nitrogens with zero attached hydrogens (tertiary/aromatic N) is 1. The second-order valence-corrected chi connectivity index (χ2v) is 4.51. The van der Waals surface area contributed by atoms with Crippen LogP contribution in [0.5, 0.6) is 0 Å². The molecule has 5 nitrogen and oxygen atoms in total. The minimum atomic E-state index is -0.974. The van der Waals surface area contributed by atoms with E-state index in [1.807, 2.05) is 13.8 Å². The molecule has 0 atom stereocenters. The standard InChI is InChI=1S/C10H17NO4/c1-7(2)4-10(8(12)15-3)5-11(6-10)9(13)14/h7H,4-6H2,1-3H3,(H,13,14). The number of methoxy groups -OCH3 is 1. The maximum Gasteiger partial charge on any atom is 0.407 e. The molecule has 0 unspecified atom stereocenters. The van der Waals surface area contributed by atoms with Crippen LogP contribution in [0.1, 0.15) is 20.3 Å². The molecule has 0 bridgehead atoms. The molecule has 5 heteroatoms. The average Bonchev–Trinajstić information content (AvgIpc) is 2.08. The second kappa shape index (κ2) is 4.08. The number of rotatable bonds is 3. The molecular formula is C10H17NO4. The summed E-state index contributed by atoms with van der Waals surface area (Å²) in [5.41, 5.74) is -0.610. The molecule has 0 aromatic heterocycles. The Bertz CT molecular complexity index is 269. The number of carboxylic acid groups (broad SMARTS) is 1. The van der Waals surface area contributed by atoms with Crippen molar-refractivity contribution in [2.24, 2.45) is 11.3 Å². The van der Waals surface area contributed by atoms with Crippen molar-refractivity contribution in [1.29, 1.82) is 0 Å². The monoisotopic (exact) mass is 215 g/mol. The van der Waals surface area contributed by atoms with E-state index in [2.05, 4.69) is 0 Å². The van der Waals surface area contributed by atoms with Crippen LogP contribution in [-0.4, -0.2) is 42.3 Å². The van der Waals surface area contributed by atoms with E-state index in [1.165, 1.54) is 12.0 Å². The highest BCUT2D eigenvalue weighted by Crippen LogP contribution is 2.37.